The van der Waals surface area contributed by atoms with Crippen molar-refractivity contribution in [2.24, 2.45) is 0 Å². The summed E-state index contributed by atoms with van der Waals surface area (Å²) in [6, 6.07) is 22.7. The number of benzene rings is 3. The second-order valence-corrected chi connectivity index (χ2v) is 10.0. The van der Waals surface area contributed by atoms with Crippen LogP contribution in [0.4, 0.5) is 0 Å². The van der Waals surface area contributed by atoms with Crippen molar-refractivity contribution in [2.45, 2.75) is 5.85 Å². The number of para-hydroxylation sites is 2. The first-order valence-corrected chi connectivity index (χ1v) is 12.3. The van der Waals surface area contributed by atoms with E-state index in [1.807, 2.05) is 0 Å². The van der Waals surface area contributed by atoms with Gasteiger partial charge in [-0.1, -0.05) is 60.1 Å². The molecule has 3 aromatic carbocycles. The van der Waals surface area contributed by atoms with E-state index < -0.39 is 23.6 Å². The average molecular weight is 453 g/mol. The molecule has 0 spiro atoms. The van der Waals surface area contributed by atoms with Gasteiger partial charge in [0.1, 0.15) is 11.5 Å². The molecule has 29 heavy (non-hydrogen) atoms. The van der Waals surface area contributed by atoms with Gasteiger partial charge in [-0.2, -0.15) is 8.42 Å². The van der Waals surface area contributed by atoms with Gasteiger partial charge in [-0.15, -0.1) is 0 Å². The Morgan fingerprint density at radius 1 is 0.793 bits per heavy atom. The summed E-state index contributed by atoms with van der Waals surface area (Å²) >= 11 is 5.93. The monoisotopic (exact) mass is 452 g/mol. The third kappa shape index (κ3) is 6.08. The molecule has 0 bridgehead atoms. The highest BCUT2D eigenvalue weighted by molar-refractivity contribution is 7.86. The summed E-state index contributed by atoms with van der Waals surface area (Å²) in [6.07, 6.45) is 0.866. The van der Waals surface area contributed by atoms with Gasteiger partial charge in [0.15, 0.2) is 0 Å². The van der Waals surface area contributed by atoms with Crippen LogP contribution in [0.5, 0.6) is 11.5 Å². The summed E-state index contributed by atoms with van der Waals surface area (Å²) in [5, 5.41) is 0.426. The summed E-state index contributed by atoms with van der Waals surface area (Å²) in [4.78, 5) is 0. The zero-order valence-electron chi connectivity index (χ0n) is 15.3. The van der Waals surface area contributed by atoms with E-state index in [1.54, 1.807) is 60.7 Å². The van der Waals surface area contributed by atoms with Gasteiger partial charge >= 0.3 is 7.60 Å². The van der Waals surface area contributed by atoms with Gasteiger partial charge in [0.25, 0.3) is 10.1 Å². The van der Waals surface area contributed by atoms with Crippen molar-refractivity contribution in [3.8, 4) is 11.5 Å². The summed E-state index contributed by atoms with van der Waals surface area (Å²) in [5.74, 6) is -1.07. The molecule has 0 N–H and O–H groups in total. The summed E-state index contributed by atoms with van der Waals surface area (Å²) < 4.78 is 54.5. The van der Waals surface area contributed by atoms with E-state index in [-0.39, 0.29) is 17.1 Å². The summed E-state index contributed by atoms with van der Waals surface area (Å²) in [6.45, 7) is 0. The largest absolute Gasteiger partial charge is 0.465 e. The first-order chi connectivity index (χ1) is 13.8. The van der Waals surface area contributed by atoms with Crippen molar-refractivity contribution in [3.05, 3.63) is 95.5 Å². The van der Waals surface area contributed by atoms with Crippen molar-refractivity contribution in [1.82, 2.24) is 0 Å². The van der Waals surface area contributed by atoms with Crippen LogP contribution in [0.1, 0.15) is 11.4 Å². The molecule has 0 amide bonds. The Labute approximate surface area is 174 Å². The lowest BCUT2D eigenvalue weighted by Crippen LogP contribution is -2.17. The van der Waals surface area contributed by atoms with Crippen molar-refractivity contribution in [1.29, 1.82) is 0 Å². The van der Waals surface area contributed by atoms with Crippen LogP contribution in [0.3, 0.4) is 0 Å². The molecular formula is C20H18ClO6PS. The molecule has 9 heteroatoms. The van der Waals surface area contributed by atoms with Crippen molar-refractivity contribution in [2.75, 3.05) is 6.26 Å². The Bertz CT molecular complexity index is 1040. The summed E-state index contributed by atoms with van der Waals surface area (Å²) in [7, 11) is -8.27. The van der Waals surface area contributed by atoms with Gasteiger partial charge in [0.2, 0.25) is 5.85 Å². The van der Waals surface area contributed by atoms with Crippen LogP contribution >= 0.6 is 19.2 Å². The van der Waals surface area contributed by atoms with Crippen LogP contribution in [0.15, 0.2) is 84.9 Å². The molecule has 1 unspecified atom stereocenters. The van der Waals surface area contributed by atoms with Crippen molar-refractivity contribution >= 4 is 29.3 Å². The summed E-state index contributed by atoms with van der Waals surface area (Å²) in [5.41, 5.74) is 0.273. The maximum atomic E-state index is 13.9. The van der Waals surface area contributed by atoms with Crippen LogP contribution in [0.25, 0.3) is 0 Å². The molecule has 152 valence electrons. The minimum absolute atomic E-state index is 0.239. The topological polar surface area (TPSA) is 78.9 Å². The maximum absolute atomic E-state index is 13.9. The molecule has 6 nitrogen and oxygen atoms in total. The highest BCUT2D eigenvalue weighted by Crippen LogP contribution is 2.61. The van der Waals surface area contributed by atoms with Gasteiger partial charge < -0.3 is 9.05 Å². The molecule has 0 aliphatic rings. The zero-order valence-corrected chi connectivity index (χ0v) is 17.8. The Morgan fingerprint density at radius 2 is 1.24 bits per heavy atom. The van der Waals surface area contributed by atoms with Gasteiger partial charge in [-0.3, -0.25) is 0 Å². The number of hydrogen-bond donors (Lipinski definition) is 0. The molecule has 0 fully saturated rings. The molecule has 0 saturated heterocycles. The van der Waals surface area contributed by atoms with Crippen LogP contribution in [-0.4, -0.2) is 14.7 Å². The standard InChI is InChI=1S/C20H18ClO6PS/c1-29(23,24)27-20(16-12-14-17(21)15-13-16)28(22,25-18-8-4-2-5-9-18)26-19-10-6-3-7-11-19/h2-15,20H,1H3. The highest BCUT2D eigenvalue weighted by atomic mass is 35.5. The van der Waals surface area contributed by atoms with Gasteiger partial charge in [-0.25, -0.2) is 8.75 Å². The molecular weight excluding hydrogens is 435 g/mol. The Hall–Kier alpha value is -2.31. The molecule has 3 rings (SSSR count). The van der Waals surface area contributed by atoms with E-state index >= 15 is 0 Å². The van der Waals surface area contributed by atoms with E-state index in [9.17, 15) is 13.0 Å². The smallest absolute Gasteiger partial charge is 0.414 e. The maximum Gasteiger partial charge on any atom is 0.465 e. The minimum Gasteiger partial charge on any atom is -0.414 e. The minimum atomic E-state index is -4.25. The molecule has 0 aliphatic carbocycles. The lowest BCUT2D eigenvalue weighted by molar-refractivity contribution is 0.240. The zero-order chi connectivity index (χ0) is 20.9. The molecule has 0 heterocycles. The molecule has 1 atom stereocenters. The van der Waals surface area contributed by atoms with Crippen LogP contribution < -0.4 is 9.05 Å². The third-order valence-electron chi connectivity index (χ3n) is 3.66. The highest BCUT2D eigenvalue weighted by Gasteiger charge is 2.44. The Morgan fingerprint density at radius 3 is 1.66 bits per heavy atom. The normalized spacial score (nSPS) is 12.9. The van der Waals surface area contributed by atoms with Gasteiger partial charge in [0.05, 0.1) is 6.26 Å². The lowest BCUT2D eigenvalue weighted by Gasteiger charge is -2.27. The number of hydrogen-bond acceptors (Lipinski definition) is 6. The van der Waals surface area contributed by atoms with Crippen LogP contribution in [0, 0.1) is 0 Å². The second kappa shape index (κ2) is 9.01. The second-order valence-electron chi connectivity index (χ2n) is 6.05. The van der Waals surface area contributed by atoms with E-state index in [0.717, 1.165) is 6.26 Å². The van der Waals surface area contributed by atoms with Crippen LogP contribution in [0.2, 0.25) is 5.02 Å². The Balaban J connectivity index is 2.10. The fourth-order valence-corrected chi connectivity index (χ4v) is 5.51. The van der Waals surface area contributed by atoms with E-state index in [4.69, 9.17) is 24.8 Å². The fourth-order valence-electron chi connectivity index (χ4n) is 2.45. The molecule has 0 saturated carbocycles. The number of rotatable bonds is 8. The first kappa shape index (κ1) is 21.4. The predicted octanol–water partition coefficient (Wildman–Crippen LogP) is 5.67. The van der Waals surface area contributed by atoms with Gasteiger partial charge in [0, 0.05) is 5.02 Å². The average Bonchev–Trinajstić information content (AvgIpc) is 2.68. The molecule has 0 radical (unpaired) electrons. The first-order valence-electron chi connectivity index (χ1n) is 8.48. The van der Waals surface area contributed by atoms with Crippen LogP contribution in [-0.2, 0) is 18.9 Å². The fraction of sp³-hybridized carbons (Fsp3) is 0.100. The molecule has 0 aliphatic heterocycles. The van der Waals surface area contributed by atoms with Crippen molar-refractivity contribution in [3.63, 3.8) is 0 Å². The van der Waals surface area contributed by atoms with Gasteiger partial charge in [-0.05, 0) is 42.0 Å². The van der Waals surface area contributed by atoms with E-state index in [0.29, 0.717) is 5.02 Å². The van der Waals surface area contributed by atoms with Crippen molar-refractivity contribution < 1.29 is 26.2 Å². The number of halogens is 1. The molecule has 3 aromatic rings. The molecule has 0 aromatic heterocycles. The van der Waals surface area contributed by atoms with E-state index in [1.165, 1.54) is 24.3 Å². The quantitative estimate of drug-likeness (QED) is 0.324. The third-order valence-corrected chi connectivity index (χ3v) is 6.51. The SMILES string of the molecule is CS(=O)(=O)OC(c1ccc(Cl)cc1)P(=O)(Oc1ccccc1)Oc1ccccc1. The predicted molar refractivity (Wildman–Crippen MR) is 112 cm³/mol. The lowest BCUT2D eigenvalue weighted by atomic mass is 10.2. The van der Waals surface area contributed by atoms with E-state index in [2.05, 4.69) is 0 Å². The Kier molecular flexibility index (Phi) is 6.65.